The van der Waals surface area contributed by atoms with Crippen molar-refractivity contribution < 1.29 is 14.3 Å². The summed E-state index contributed by atoms with van der Waals surface area (Å²) in [5.41, 5.74) is 1.01. The third-order valence-electron chi connectivity index (χ3n) is 4.08. The predicted molar refractivity (Wildman–Crippen MR) is 99.0 cm³/mol. The van der Waals surface area contributed by atoms with Crippen LogP contribution in [0.3, 0.4) is 0 Å². The Hall–Kier alpha value is -3.01. The number of ether oxygens (including phenoxy) is 2. The molecule has 0 saturated heterocycles. The van der Waals surface area contributed by atoms with Crippen molar-refractivity contribution in [2.24, 2.45) is 0 Å². The van der Waals surface area contributed by atoms with Crippen molar-refractivity contribution in [3.63, 3.8) is 0 Å². The summed E-state index contributed by atoms with van der Waals surface area (Å²) in [5.74, 6) is 1.32. The first-order valence-electron chi connectivity index (χ1n) is 8.20. The smallest absolute Gasteiger partial charge is 0.258 e. The third-order valence-corrected chi connectivity index (χ3v) is 4.08. The van der Waals surface area contributed by atoms with Gasteiger partial charge in [0.25, 0.3) is 5.91 Å². The quantitative estimate of drug-likeness (QED) is 0.737. The van der Waals surface area contributed by atoms with E-state index in [-0.39, 0.29) is 18.6 Å². The van der Waals surface area contributed by atoms with Crippen molar-refractivity contribution in [2.75, 3.05) is 13.7 Å². The Morgan fingerprint density at radius 3 is 2.36 bits per heavy atom. The van der Waals surface area contributed by atoms with Gasteiger partial charge in [0.05, 0.1) is 13.2 Å². The van der Waals surface area contributed by atoms with Gasteiger partial charge in [-0.25, -0.2) is 0 Å². The van der Waals surface area contributed by atoms with Crippen LogP contribution in [0.4, 0.5) is 0 Å². The molecule has 0 heterocycles. The van der Waals surface area contributed by atoms with Crippen molar-refractivity contribution >= 4 is 16.7 Å². The second kappa shape index (κ2) is 7.71. The van der Waals surface area contributed by atoms with Crippen molar-refractivity contribution in [1.82, 2.24) is 5.32 Å². The van der Waals surface area contributed by atoms with E-state index in [0.717, 1.165) is 22.1 Å². The van der Waals surface area contributed by atoms with Crippen LogP contribution in [0.15, 0.2) is 66.7 Å². The van der Waals surface area contributed by atoms with Crippen molar-refractivity contribution in [3.8, 4) is 11.5 Å². The van der Waals surface area contributed by atoms with E-state index >= 15 is 0 Å². The van der Waals surface area contributed by atoms with Crippen molar-refractivity contribution in [3.05, 3.63) is 72.3 Å². The van der Waals surface area contributed by atoms with Crippen LogP contribution < -0.4 is 14.8 Å². The summed E-state index contributed by atoms with van der Waals surface area (Å²) < 4.78 is 10.8. The topological polar surface area (TPSA) is 47.6 Å². The fourth-order valence-electron chi connectivity index (χ4n) is 2.67. The summed E-state index contributed by atoms with van der Waals surface area (Å²) in [7, 11) is 1.63. The normalized spacial score (nSPS) is 11.8. The largest absolute Gasteiger partial charge is 0.497 e. The highest BCUT2D eigenvalue weighted by Crippen LogP contribution is 2.21. The molecule has 0 aliphatic rings. The molecule has 0 bridgehead atoms. The molecular formula is C21H21NO3. The van der Waals surface area contributed by atoms with Gasteiger partial charge in [-0.1, -0.05) is 42.5 Å². The van der Waals surface area contributed by atoms with Crippen LogP contribution in [-0.4, -0.2) is 19.6 Å². The minimum atomic E-state index is -0.156. The summed E-state index contributed by atoms with van der Waals surface area (Å²) >= 11 is 0. The first-order chi connectivity index (χ1) is 12.2. The zero-order valence-electron chi connectivity index (χ0n) is 14.4. The summed E-state index contributed by atoms with van der Waals surface area (Å²) in [6.45, 7) is 1.93. The molecule has 1 atom stereocenters. The Morgan fingerprint density at radius 2 is 1.64 bits per heavy atom. The minimum absolute atomic E-state index is 0.0150. The Morgan fingerprint density at radius 1 is 0.960 bits per heavy atom. The average Bonchev–Trinajstić information content (AvgIpc) is 2.66. The molecule has 4 nitrogen and oxygen atoms in total. The maximum absolute atomic E-state index is 12.1. The van der Waals surface area contributed by atoms with E-state index < -0.39 is 0 Å². The van der Waals surface area contributed by atoms with Gasteiger partial charge in [-0.2, -0.15) is 0 Å². The molecular weight excluding hydrogens is 314 g/mol. The van der Waals surface area contributed by atoms with E-state index in [2.05, 4.69) is 5.32 Å². The predicted octanol–water partition coefficient (Wildman–Crippen LogP) is 4.10. The zero-order valence-corrected chi connectivity index (χ0v) is 14.4. The Labute approximate surface area is 147 Å². The van der Waals surface area contributed by atoms with Crippen LogP contribution in [0.25, 0.3) is 10.8 Å². The molecule has 3 aromatic carbocycles. The lowest BCUT2D eigenvalue weighted by Crippen LogP contribution is -2.31. The first-order valence-corrected chi connectivity index (χ1v) is 8.20. The summed E-state index contributed by atoms with van der Waals surface area (Å²) in [4.78, 5) is 12.1. The lowest BCUT2D eigenvalue weighted by molar-refractivity contribution is -0.123. The molecule has 1 N–H and O–H groups in total. The molecule has 0 aliphatic heterocycles. The molecule has 25 heavy (non-hydrogen) atoms. The van der Waals surface area contributed by atoms with Crippen LogP contribution in [-0.2, 0) is 4.79 Å². The van der Waals surface area contributed by atoms with Crippen LogP contribution in [0, 0.1) is 0 Å². The van der Waals surface area contributed by atoms with Gasteiger partial charge >= 0.3 is 0 Å². The highest BCUT2D eigenvalue weighted by atomic mass is 16.5. The molecule has 0 radical (unpaired) electrons. The van der Waals surface area contributed by atoms with E-state index in [1.165, 1.54) is 0 Å². The zero-order chi connectivity index (χ0) is 17.6. The molecule has 3 rings (SSSR count). The summed E-state index contributed by atoms with van der Waals surface area (Å²) in [5, 5.41) is 5.17. The van der Waals surface area contributed by atoms with E-state index in [9.17, 15) is 4.79 Å². The fraction of sp³-hybridized carbons (Fsp3) is 0.190. The Balaban J connectivity index is 1.55. The van der Waals surface area contributed by atoms with Crippen molar-refractivity contribution in [1.29, 1.82) is 0 Å². The fourth-order valence-corrected chi connectivity index (χ4v) is 2.67. The number of hydrogen-bond donors (Lipinski definition) is 1. The summed E-state index contributed by atoms with van der Waals surface area (Å²) in [6, 6.07) is 21.4. The standard InChI is InChI=1S/C21H21NO3/c1-15(16-7-10-19(24-2)11-8-16)22-21(23)14-25-20-12-9-17-5-3-4-6-18(17)13-20/h3-13,15H,14H2,1-2H3,(H,22,23)/t15-/m0/s1. The van der Waals surface area contributed by atoms with E-state index in [0.29, 0.717) is 5.75 Å². The average molecular weight is 335 g/mol. The molecule has 0 spiro atoms. The van der Waals surface area contributed by atoms with Gasteiger partial charge in [0.15, 0.2) is 6.61 Å². The number of carbonyl (C=O) groups excluding carboxylic acids is 1. The van der Waals surface area contributed by atoms with Gasteiger partial charge in [0.2, 0.25) is 0 Å². The lowest BCUT2D eigenvalue weighted by Gasteiger charge is -2.15. The number of benzene rings is 3. The molecule has 128 valence electrons. The van der Waals surface area contributed by atoms with E-state index in [1.54, 1.807) is 7.11 Å². The van der Waals surface area contributed by atoms with Gasteiger partial charge in [0.1, 0.15) is 11.5 Å². The second-order valence-corrected chi connectivity index (χ2v) is 5.86. The molecule has 0 aliphatic carbocycles. The third kappa shape index (κ3) is 4.29. The lowest BCUT2D eigenvalue weighted by atomic mass is 10.1. The van der Waals surface area contributed by atoms with Gasteiger partial charge in [-0.3, -0.25) is 4.79 Å². The molecule has 0 saturated carbocycles. The van der Waals surface area contributed by atoms with Gasteiger partial charge in [0, 0.05) is 0 Å². The van der Waals surface area contributed by atoms with Gasteiger partial charge < -0.3 is 14.8 Å². The van der Waals surface area contributed by atoms with E-state index in [4.69, 9.17) is 9.47 Å². The molecule has 0 fully saturated rings. The SMILES string of the molecule is COc1ccc([C@H](C)NC(=O)COc2ccc3ccccc3c2)cc1. The van der Waals surface area contributed by atoms with Crippen molar-refractivity contribution in [2.45, 2.75) is 13.0 Å². The number of fused-ring (bicyclic) bond motifs is 1. The maximum Gasteiger partial charge on any atom is 0.258 e. The van der Waals surface area contributed by atoms with Gasteiger partial charge in [-0.05, 0) is 47.5 Å². The molecule has 0 aromatic heterocycles. The molecule has 0 unspecified atom stereocenters. The Kier molecular flexibility index (Phi) is 5.19. The summed E-state index contributed by atoms with van der Waals surface area (Å²) in [6.07, 6.45) is 0. The van der Waals surface area contributed by atoms with Gasteiger partial charge in [-0.15, -0.1) is 0 Å². The number of methoxy groups -OCH3 is 1. The molecule has 1 amide bonds. The van der Waals surface area contributed by atoms with Crippen LogP contribution in [0.2, 0.25) is 0 Å². The number of rotatable bonds is 6. The Bertz CT molecular complexity index is 858. The minimum Gasteiger partial charge on any atom is -0.497 e. The number of hydrogen-bond acceptors (Lipinski definition) is 3. The van der Waals surface area contributed by atoms with Crippen LogP contribution in [0.5, 0.6) is 11.5 Å². The van der Waals surface area contributed by atoms with Crippen LogP contribution >= 0.6 is 0 Å². The monoisotopic (exact) mass is 335 g/mol. The second-order valence-electron chi connectivity index (χ2n) is 5.86. The number of amides is 1. The number of nitrogens with one attached hydrogen (secondary N) is 1. The molecule has 3 aromatic rings. The number of carbonyl (C=O) groups is 1. The van der Waals surface area contributed by atoms with E-state index in [1.807, 2.05) is 73.7 Å². The molecule has 4 heteroatoms. The maximum atomic E-state index is 12.1. The highest BCUT2D eigenvalue weighted by Gasteiger charge is 2.10. The first kappa shape index (κ1) is 16.8. The highest BCUT2D eigenvalue weighted by molar-refractivity contribution is 5.84. The van der Waals surface area contributed by atoms with Crippen LogP contribution in [0.1, 0.15) is 18.5 Å².